The lowest BCUT2D eigenvalue weighted by molar-refractivity contribution is 0.0320. The molecule has 0 radical (unpaired) electrons. The molecule has 4 aromatic rings. The van der Waals surface area contributed by atoms with Crippen LogP contribution in [-0.4, -0.2) is 22.8 Å². The summed E-state index contributed by atoms with van der Waals surface area (Å²) in [6.07, 6.45) is -0.930. The molecule has 4 nitrogen and oxygen atoms in total. The van der Waals surface area contributed by atoms with E-state index in [0.29, 0.717) is 32.7 Å². The highest BCUT2D eigenvalue weighted by Gasteiger charge is 2.23. The summed E-state index contributed by atoms with van der Waals surface area (Å²) in [6, 6.07) is 23.5. The second-order valence-electron chi connectivity index (χ2n) is 7.33. The van der Waals surface area contributed by atoms with Crippen LogP contribution >= 0.6 is 11.6 Å². The molecule has 0 amide bonds. The monoisotopic (exact) mass is 429 g/mol. The fourth-order valence-electron chi connectivity index (χ4n) is 3.37. The number of para-hydroxylation sites is 1. The highest BCUT2D eigenvalue weighted by Crippen LogP contribution is 2.30. The summed E-state index contributed by atoms with van der Waals surface area (Å²) in [5.74, 6) is -0.857. The molecular formula is C26H20ClNO3. The van der Waals surface area contributed by atoms with Gasteiger partial charge < -0.3 is 4.74 Å². The van der Waals surface area contributed by atoms with E-state index < -0.39 is 12.1 Å². The summed E-state index contributed by atoms with van der Waals surface area (Å²) >= 11 is 6.39. The van der Waals surface area contributed by atoms with E-state index in [-0.39, 0.29) is 5.78 Å². The molecule has 5 heteroatoms. The Kier molecular flexibility index (Phi) is 5.83. The Hall–Kier alpha value is -3.50. The van der Waals surface area contributed by atoms with E-state index in [4.69, 9.17) is 16.3 Å². The number of rotatable bonds is 5. The van der Waals surface area contributed by atoms with Crippen LogP contribution in [0.15, 0.2) is 78.9 Å². The van der Waals surface area contributed by atoms with Crippen molar-refractivity contribution >= 4 is 34.3 Å². The van der Waals surface area contributed by atoms with E-state index in [1.807, 2.05) is 37.3 Å². The molecule has 31 heavy (non-hydrogen) atoms. The number of ether oxygens (including phenoxy) is 1. The number of ketones is 1. The zero-order valence-electron chi connectivity index (χ0n) is 17.1. The van der Waals surface area contributed by atoms with Gasteiger partial charge in [-0.15, -0.1) is 0 Å². The number of hydrogen-bond donors (Lipinski definition) is 0. The molecule has 3 aromatic carbocycles. The van der Waals surface area contributed by atoms with Gasteiger partial charge in [-0.25, -0.2) is 9.78 Å². The smallest absolute Gasteiger partial charge is 0.339 e. The molecule has 0 aliphatic heterocycles. The van der Waals surface area contributed by atoms with Gasteiger partial charge in [0.2, 0.25) is 5.78 Å². The number of esters is 1. The van der Waals surface area contributed by atoms with Crippen molar-refractivity contribution in [1.82, 2.24) is 4.98 Å². The van der Waals surface area contributed by atoms with E-state index in [9.17, 15) is 9.59 Å². The number of pyridine rings is 1. The van der Waals surface area contributed by atoms with Gasteiger partial charge in [0.25, 0.3) is 0 Å². The van der Waals surface area contributed by atoms with Gasteiger partial charge in [0, 0.05) is 16.5 Å². The number of fused-ring (bicyclic) bond motifs is 1. The standard InChI is InChI=1S/C26H20ClNO3/c1-16-11-13-18(14-12-16)23-15-21(20-9-6-10-22(27)24(20)28-23)26(30)31-17(2)25(29)19-7-4-3-5-8-19/h3-15,17H,1-2H3/t17-/m0/s1. The van der Waals surface area contributed by atoms with Crippen LogP contribution in [0.5, 0.6) is 0 Å². The lowest BCUT2D eigenvalue weighted by atomic mass is 10.0. The summed E-state index contributed by atoms with van der Waals surface area (Å²) in [6.45, 7) is 3.58. The van der Waals surface area contributed by atoms with E-state index in [2.05, 4.69) is 4.98 Å². The van der Waals surface area contributed by atoms with Crippen LogP contribution in [0.1, 0.15) is 33.2 Å². The highest BCUT2D eigenvalue weighted by molar-refractivity contribution is 6.35. The van der Waals surface area contributed by atoms with Crippen LogP contribution in [0, 0.1) is 6.92 Å². The number of aromatic nitrogens is 1. The summed E-state index contributed by atoms with van der Waals surface area (Å²) in [5, 5.41) is 1.02. The lowest BCUT2D eigenvalue weighted by Gasteiger charge is -2.15. The maximum atomic E-state index is 13.1. The van der Waals surface area contributed by atoms with Crippen LogP contribution < -0.4 is 0 Å². The van der Waals surface area contributed by atoms with Crippen LogP contribution in [0.2, 0.25) is 5.02 Å². The number of carbonyl (C=O) groups is 2. The van der Waals surface area contributed by atoms with Crippen molar-refractivity contribution in [3.8, 4) is 11.3 Å². The third kappa shape index (κ3) is 4.35. The molecule has 0 saturated carbocycles. The quantitative estimate of drug-likeness (QED) is 0.276. The van der Waals surface area contributed by atoms with Gasteiger partial charge in [0.1, 0.15) is 0 Å². The van der Waals surface area contributed by atoms with Crippen molar-refractivity contribution < 1.29 is 14.3 Å². The zero-order valence-corrected chi connectivity index (χ0v) is 17.9. The summed E-state index contributed by atoms with van der Waals surface area (Å²) in [5.41, 5.74) is 3.90. The number of hydrogen-bond acceptors (Lipinski definition) is 4. The Labute approximate surface area is 185 Å². The molecule has 0 aliphatic rings. The minimum atomic E-state index is -0.930. The van der Waals surface area contributed by atoms with Crippen molar-refractivity contribution in [2.75, 3.05) is 0 Å². The Morgan fingerprint density at radius 1 is 0.935 bits per heavy atom. The van der Waals surface area contributed by atoms with Crippen LogP contribution in [0.3, 0.4) is 0 Å². The van der Waals surface area contributed by atoms with Crippen molar-refractivity contribution in [2.24, 2.45) is 0 Å². The molecule has 0 unspecified atom stereocenters. The topological polar surface area (TPSA) is 56.3 Å². The van der Waals surface area contributed by atoms with Gasteiger partial charge in [0.05, 0.1) is 21.8 Å². The average molecular weight is 430 g/mol. The maximum absolute atomic E-state index is 13.1. The average Bonchev–Trinajstić information content (AvgIpc) is 2.79. The Bertz CT molecular complexity index is 1270. The Balaban J connectivity index is 1.73. The van der Waals surface area contributed by atoms with E-state index in [0.717, 1.165) is 11.1 Å². The molecule has 1 heterocycles. The fraction of sp³-hybridized carbons (Fsp3) is 0.115. The number of aryl methyl sites for hydroxylation is 1. The first-order valence-electron chi connectivity index (χ1n) is 9.90. The minimum Gasteiger partial charge on any atom is -0.451 e. The summed E-state index contributed by atoms with van der Waals surface area (Å²) < 4.78 is 5.55. The Morgan fingerprint density at radius 2 is 1.65 bits per heavy atom. The molecule has 154 valence electrons. The van der Waals surface area contributed by atoms with E-state index in [1.165, 1.54) is 0 Å². The van der Waals surface area contributed by atoms with Crippen LogP contribution in [0.25, 0.3) is 22.2 Å². The summed E-state index contributed by atoms with van der Waals surface area (Å²) in [4.78, 5) is 30.4. The molecule has 0 spiro atoms. The molecule has 0 aliphatic carbocycles. The molecule has 0 bridgehead atoms. The number of Topliss-reactive ketones (excluding diaryl/α,β-unsaturated/α-hetero) is 1. The molecule has 0 N–H and O–H groups in total. The molecule has 0 saturated heterocycles. The number of nitrogens with zero attached hydrogens (tertiary/aromatic N) is 1. The highest BCUT2D eigenvalue weighted by atomic mass is 35.5. The molecular weight excluding hydrogens is 410 g/mol. The maximum Gasteiger partial charge on any atom is 0.339 e. The van der Waals surface area contributed by atoms with Crippen LogP contribution in [-0.2, 0) is 4.74 Å². The van der Waals surface area contributed by atoms with Gasteiger partial charge in [-0.2, -0.15) is 0 Å². The largest absolute Gasteiger partial charge is 0.451 e. The van der Waals surface area contributed by atoms with Crippen molar-refractivity contribution in [1.29, 1.82) is 0 Å². The first kappa shape index (κ1) is 20.8. The van der Waals surface area contributed by atoms with Gasteiger partial charge in [-0.1, -0.05) is 83.9 Å². The molecule has 0 fully saturated rings. The zero-order chi connectivity index (χ0) is 22.0. The third-order valence-corrected chi connectivity index (χ3v) is 5.37. The predicted molar refractivity (Wildman–Crippen MR) is 123 cm³/mol. The third-order valence-electron chi connectivity index (χ3n) is 5.07. The number of carbonyl (C=O) groups excluding carboxylic acids is 2. The van der Waals surface area contributed by atoms with Gasteiger partial charge >= 0.3 is 5.97 Å². The van der Waals surface area contributed by atoms with E-state index in [1.54, 1.807) is 55.5 Å². The van der Waals surface area contributed by atoms with Gasteiger partial charge in [-0.3, -0.25) is 4.79 Å². The van der Waals surface area contributed by atoms with Gasteiger partial charge in [0.15, 0.2) is 6.10 Å². The van der Waals surface area contributed by atoms with Crippen LogP contribution in [0.4, 0.5) is 0 Å². The van der Waals surface area contributed by atoms with Crippen molar-refractivity contribution in [3.05, 3.63) is 101 Å². The molecule has 4 rings (SSSR count). The first-order chi connectivity index (χ1) is 14.9. The minimum absolute atomic E-state index is 0.260. The SMILES string of the molecule is Cc1ccc(-c2cc(C(=O)O[C@@H](C)C(=O)c3ccccc3)c3cccc(Cl)c3n2)cc1. The normalized spacial score (nSPS) is 11.8. The molecule has 1 atom stereocenters. The predicted octanol–water partition coefficient (Wildman–Crippen LogP) is 6.29. The molecule has 1 aromatic heterocycles. The second kappa shape index (κ2) is 8.70. The fourth-order valence-corrected chi connectivity index (χ4v) is 3.59. The van der Waals surface area contributed by atoms with Crippen molar-refractivity contribution in [3.63, 3.8) is 0 Å². The number of halogens is 1. The van der Waals surface area contributed by atoms with E-state index >= 15 is 0 Å². The summed E-state index contributed by atoms with van der Waals surface area (Å²) in [7, 11) is 0. The van der Waals surface area contributed by atoms with Gasteiger partial charge in [-0.05, 0) is 26.0 Å². The first-order valence-corrected chi connectivity index (χ1v) is 10.3. The lowest BCUT2D eigenvalue weighted by Crippen LogP contribution is -2.24. The number of benzene rings is 3. The Morgan fingerprint density at radius 3 is 2.35 bits per heavy atom. The second-order valence-corrected chi connectivity index (χ2v) is 7.74. The van der Waals surface area contributed by atoms with Crippen molar-refractivity contribution in [2.45, 2.75) is 20.0 Å².